The molecule has 2 unspecified atom stereocenters. The Morgan fingerprint density at radius 1 is 1.09 bits per heavy atom. The number of hydrogen-bond donors (Lipinski definition) is 0. The maximum absolute atomic E-state index is 13.2. The summed E-state index contributed by atoms with van der Waals surface area (Å²) in [4.78, 5) is 29.7. The third-order valence-corrected chi connectivity index (χ3v) is 7.41. The lowest BCUT2D eigenvalue weighted by molar-refractivity contribution is 0.0634. The van der Waals surface area contributed by atoms with Crippen molar-refractivity contribution in [1.82, 2.24) is 9.80 Å². The van der Waals surface area contributed by atoms with Crippen LogP contribution < -0.4 is 9.47 Å². The average molecular weight is 501 g/mol. The van der Waals surface area contributed by atoms with Gasteiger partial charge >= 0.3 is 6.09 Å². The highest BCUT2D eigenvalue weighted by Gasteiger charge is 2.50. The first-order valence-corrected chi connectivity index (χ1v) is 11.6. The van der Waals surface area contributed by atoms with E-state index in [0.717, 1.165) is 19.3 Å². The number of rotatable bonds is 4. The fraction of sp³-hybridized carbons (Fsp3) is 0.417. The van der Waals surface area contributed by atoms with E-state index in [-0.39, 0.29) is 30.2 Å². The maximum atomic E-state index is 13.2. The van der Waals surface area contributed by atoms with Gasteiger partial charge in [0.1, 0.15) is 6.10 Å². The molecule has 0 bridgehead atoms. The molecule has 2 fully saturated rings. The molecular weight excluding hydrogens is 476 g/mol. The van der Waals surface area contributed by atoms with Gasteiger partial charge in [-0.15, -0.1) is 0 Å². The van der Waals surface area contributed by atoms with Crippen LogP contribution in [0.3, 0.4) is 0 Å². The molecular formula is C24H25BrN2O5. The van der Waals surface area contributed by atoms with Crippen molar-refractivity contribution in [3.63, 3.8) is 0 Å². The SMILES string of the molecule is COc1cc(Br)c(C(=O)N2CCC(N3C(=O)OC4Cc5ccccc5C43)CC2)cc1OC. The standard InChI is InChI=1S/C24H25BrN2O5/c1-30-19-12-17(18(25)13-20(19)31-2)23(28)26-9-7-15(8-10-26)27-22-16-6-4-3-5-14(16)11-21(22)32-24(27)29/h3-6,12-13,15,21-22H,7-11H2,1-2H3. The predicted octanol–water partition coefficient (Wildman–Crippen LogP) is 4.19. The third kappa shape index (κ3) is 3.41. The van der Waals surface area contributed by atoms with Gasteiger partial charge in [-0.2, -0.15) is 0 Å². The van der Waals surface area contributed by atoms with Gasteiger partial charge in [-0.05, 0) is 52.0 Å². The molecule has 2 aromatic carbocycles. The molecule has 2 amide bonds. The van der Waals surface area contributed by atoms with E-state index < -0.39 is 0 Å². The Bertz CT molecular complexity index is 1070. The van der Waals surface area contributed by atoms with Crippen molar-refractivity contribution in [3.05, 3.63) is 57.6 Å². The van der Waals surface area contributed by atoms with Gasteiger partial charge in [-0.1, -0.05) is 24.3 Å². The maximum Gasteiger partial charge on any atom is 0.411 e. The first-order valence-electron chi connectivity index (χ1n) is 10.8. The van der Waals surface area contributed by atoms with Gasteiger partial charge in [-0.3, -0.25) is 9.69 Å². The molecule has 0 spiro atoms. The summed E-state index contributed by atoms with van der Waals surface area (Å²) in [5, 5.41) is 0. The van der Waals surface area contributed by atoms with Crippen LogP contribution in [0.15, 0.2) is 40.9 Å². The molecule has 2 heterocycles. The highest BCUT2D eigenvalue weighted by Crippen LogP contribution is 2.45. The molecule has 2 atom stereocenters. The van der Waals surface area contributed by atoms with E-state index >= 15 is 0 Å². The molecule has 8 heteroatoms. The van der Waals surface area contributed by atoms with Crippen molar-refractivity contribution in [2.45, 2.75) is 37.5 Å². The molecule has 0 radical (unpaired) electrons. The Balaban J connectivity index is 1.31. The largest absolute Gasteiger partial charge is 0.493 e. The number of piperidine rings is 1. The second-order valence-corrected chi connectivity index (χ2v) is 9.24. The number of methoxy groups -OCH3 is 2. The van der Waals surface area contributed by atoms with Gasteiger partial charge in [0, 0.05) is 30.0 Å². The number of hydrogen-bond acceptors (Lipinski definition) is 5. The van der Waals surface area contributed by atoms with Gasteiger partial charge < -0.3 is 19.1 Å². The van der Waals surface area contributed by atoms with Gasteiger partial charge in [0.05, 0.1) is 25.8 Å². The molecule has 32 heavy (non-hydrogen) atoms. The highest BCUT2D eigenvalue weighted by atomic mass is 79.9. The van der Waals surface area contributed by atoms with E-state index in [4.69, 9.17) is 14.2 Å². The van der Waals surface area contributed by atoms with Crippen LogP contribution in [0.25, 0.3) is 0 Å². The summed E-state index contributed by atoms with van der Waals surface area (Å²) in [7, 11) is 3.11. The number of carbonyl (C=O) groups is 2. The third-order valence-electron chi connectivity index (χ3n) is 6.76. The smallest absolute Gasteiger partial charge is 0.411 e. The van der Waals surface area contributed by atoms with Crippen LogP contribution in [0, 0.1) is 0 Å². The monoisotopic (exact) mass is 500 g/mol. The second kappa shape index (κ2) is 8.31. The molecule has 2 saturated heterocycles. The number of nitrogens with zero attached hydrogens (tertiary/aromatic N) is 2. The van der Waals surface area contributed by atoms with Crippen molar-refractivity contribution >= 4 is 27.9 Å². The quantitative estimate of drug-likeness (QED) is 0.629. The topological polar surface area (TPSA) is 68.3 Å². The molecule has 1 aliphatic carbocycles. The fourth-order valence-electron chi connectivity index (χ4n) is 5.19. The molecule has 7 nitrogen and oxygen atoms in total. The van der Waals surface area contributed by atoms with Crippen LogP contribution >= 0.6 is 15.9 Å². The summed E-state index contributed by atoms with van der Waals surface area (Å²) in [5.74, 6) is 1.01. The highest BCUT2D eigenvalue weighted by molar-refractivity contribution is 9.10. The molecule has 5 rings (SSSR count). The predicted molar refractivity (Wildman–Crippen MR) is 121 cm³/mol. The number of halogens is 1. The summed E-state index contributed by atoms with van der Waals surface area (Å²) in [6.45, 7) is 1.15. The Labute approximate surface area is 195 Å². The van der Waals surface area contributed by atoms with E-state index in [1.165, 1.54) is 11.1 Å². The van der Waals surface area contributed by atoms with E-state index in [1.54, 1.807) is 26.4 Å². The Kier molecular flexibility index (Phi) is 5.49. The number of likely N-dealkylation sites (tertiary alicyclic amines) is 1. The Hall–Kier alpha value is -2.74. The Morgan fingerprint density at radius 3 is 2.50 bits per heavy atom. The van der Waals surface area contributed by atoms with Crippen LogP contribution in [0.5, 0.6) is 11.5 Å². The summed E-state index contributed by atoms with van der Waals surface area (Å²) in [6.07, 6.45) is 1.87. The number of carbonyl (C=O) groups excluding carboxylic acids is 2. The second-order valence-electron chi connectivity index (χ2n) is 8.39. The van der Waals surface area contributed by atoms with Gasteiger partial charge in [0.15, 0.2) is 11.5 Å². The Morgan fingerprint density at radius 2 is 1.78 bits per heavy atom. The molecule has 2 aliphatic heterocycles. The minimum absolute atomic E-state index is 0.0223. The van der Waals surface area contributed by atoms with E-state index in [0.29, 0.717) is 34.6 Å². The lowest BCUT2D eigenvalue weighted by atomic mass is 9.98. The minimum Gasteiger partial charge on any atom is -0.493 e. The molecule has 0 saturated carbocycles. The molecule has 168 valence electrons. The van der Waals surface area contributed by atoms with Crippen molar-refractivity contribution in [1.29, 1.82) is 0 Å². The number of fused-ring (bicyclic) bond motifs is 3. The van der Waals surface area contributed by atoms with E-state index in [1.807, 2.05) is 21.9 Å². The van der Waals surface area contributed by atoms with Crippen LogP contribution in [0.4, 0.5) is 4.79 Å². The van der Waals surface area contributed by atoms with Crippen molar-refractivity contribution in [2.75, 3.05) is 27.3 Å². The van der Waals surface area contributed by atoms with Crippen LogP contribution in [-0.2, 0) is 11.2 Å². The molecule has 2 aromatic rings. The lowest BCUT2D eigenvalue weighted by Crippen LogP contribution is -2.47. The molecule has 3 aliphatic rings. The summed E-state index contributed by atoms with van der Waals surface area (Å²) in [5.41, 5.74) is 2.98. The summed E-state index contributed by atoms with van der Waals surface area (Å²) < 4.78 is 17.0. The minimum atomic E-state index is -0.234. The van der Waals surface area contributed by atoms with Gasteiger partial charge in [0.2, 0.25) is 0 Å². The molecule has 0 N–H and O–H groups in total. The van der Waals surface area contributed by atoms with Crippen LogP contribution in [0.1, 0.15) is 40.4 Å². The van der Waals surface area contributed by atoms with Crippen molar-refractivity contribution in [3.8, 4) is 11.5 Å². The van der Waals surface area contributed by atoms with Crippen molar-refractivity contribution in [2.24, 2.45) is 0 Å². The van der Waals surface area contributed by atoms with Gasteiger partial charge in [0.25, 0.3) is 5.91 Å². The van der Waals surface area contributed by atoms with Crippen LogP contribution in [0.2, 0.25) is 0 Å². The number of benzene rings is 2. The molecule has 0 aromatic heterocycles. The first kappa shape index (κ1) is 21.1. The average Bonchev–Trinajstić information content (AvgIpc) is 3.32. The van der Waals surface area contributed by atoms with Crippen molar-refractivity contribution < 1.29 is 23.8 Å². The lowest BCUT2D eigenvalue weighted by Gasteiger charge is -2.38. The summed E-state index contributed by atoms with van der Waals surface area (Å²) >= 11 is 3.49. The zero-order valence-electron chi connectivity index (χ0n) is 18.0. The van der Waals surface area contributed by atoms with E-state index in [2.05, 4.69) is 28.1 Å². The van der Waals surface area contributed by atoms with Crippen LogP contribution in [-0.4, -0.2) is 61.3 Å². The number of amides is 2. The number of ether oxygens (including phenoxy) is 3. The zero-order valence-corrected chi connectivity index (χ0v) is 19.6. The fourth-order valence-corrected chi connectivity index (χ4v) is 5.68. The summed E-state index contributed by atoms with van der Waals surface area (Å²) in [6, 6.07) is 11.7. The normalized spacial score (nSPS) is 22.4. The van der Waals surface area contributed by atoms with E-state index in [9.17, 15) is 9.59 Å². The zero-order chi connectivity index (χ0) is 22.4. The van der Waals surface area contributed by atoms with Gasteiger partial charge in [-0.25, -0.2) is 4.79 Å². The first-order chi connectivity index (χ1) is 15.5.